The first-order valence-corrected chi connectivity index (χ1v) is 10.9. The molecule has 0 radical (unpaired) electrons. The lowest BCUT2D eigenvalue weighted by molar-refractivity contribution is 0.0981. The smallest absolute Gasteiger partial charge is 0.349 e. The second kappa shape index (κ2) is 8.01. The lowest BCUT2D eigenvalue weighted by atomic mass is 10.1. The van der Waals surface area contributed by atoms with Gasteiger partial charge in [-0.15, -0.1) is 0 Å². The Kier molecular flexibility index (Phi) is 5.03. The minimum absolute atomic E-state index is 0.0280. The predicted molar refractivity (Wildman–Crippen MR) is 126 cm³/mol. The molecule has 0 unspecified atom stereocenters. The van der Waals surface area contributed by atoms with Crippen LogP contribution in [0, 0.1) is 13.8 Å². The highest BCUT2D eigenvalue weighted by molar-refractivity contribution is 7.22. The normalized spacial score (nSPS) is 11.2. The van der Waals surface area contributed by atoms with Gasteiger partial charge in [0, 0.05) is 17.8 Å². The molecule has 0 fully saturated rings. The number of carbonyl (C=O) groups excluding carboxylic acids is 1. The summed E-state index contributed by atoms with van der Waals surface area (Å²) in [5.41, 5.74) is 3.60. The van der Waals surface area contributed by atoms with Gasteiger partial charge in [0.1, 0.15) is 11.1 Å². The highest BCUT2D eigenvalue weighted by Crippen LogP contribution is 2.33. The average Bonchev–Trinajstić information content (AvgIpc) is 3.21. The van der Waals surface area contributed by atoms with E-state index in [0.29, 0.717) is 16.1 Å². The molecule has 0 atom stereocenters. The van der Waals surface area contributed by atoms with Crippen LogP contribution in [0.3, 0.4) is 0 Å². The Morgan fingerprint density at radius 3 is 2.75 bits per heavy atom. The Labute approximate surface area is 187 Å². The minimum atomic E-state index is -0.668. The lowest BCUT2D eigenvalue weighted by Gasteiger charge is -2.19. The third kappa shape index (κ3) is 3.67. The molecule has 3 aromatic heterocycles. The summed E-state index contributed by atoms with van der Waals surface area (Å²) >= 11 is 1.43. The third-order valence-electron chi connectivity index (χ3n) is 5.23. The minimum Gasteiger partial charge on any atom is -0.422 e. The molecular weight excluding hydrogens is 422 g/mol. The Bertz CT molecular complexity index is 1520. The van der Waals surface area contributed by atoms with E-state index >= 15 is 0 Å². The van der Waals surface area contributed by atoms with Crippen LogP contribution in [0.5, 0.6) is 0 Å². The molecular formula is C25H19N3O3S. The largest absolute Gasteiger partial charge is 0.422 e. The number of rotatable bonds is 4. The van der Waals surface area contributed by atoms with Gasteiger partial charge in [0.25, 0.3) is 5.91 Å². The average molecular weight is 442 g/mol. The summed E-state index contributed by atoms with van der Waals surface area (Å²) in [4.78, 5) is 36.8. The fourth-order valence-electron chi connectivity index (χ4n) is 3.73. The third-order valence-corrected chi connectivity index (χ3v) is 6.26. The molecule has 0 aliphatic rings. The number of fused-ring (bicyclic) bond motifs is 2. The molecule has 1 amide bonds. The highest BCUT2D eigenvalue weighted by atomic mass is 32.1. The molecule has 0 aliphatic heterocycles. The Balaban J connectivity index is 1.65. The molecule has 0 saturated heterocycles. The van der Waals surface area contributed by atoms with Gasteiger partial charge in [-0.25, -0.2) is 9.78 Å². The van der Waals surface area contributed by atoms with Crippen LogP contribution in [0.15, 0.2) is 76.2 Å². The van der Waals surface area contributed by atoms with E-state index in [0.717, 1.165) is 26.9 Å². The quantitative estimate of drug-likeness (QED) is 0.356. The number of hydrogen-bond acceptors (Lipinski definition) is 6. The fraction of sp³-hybridized carbons (Fsp3) is 0.120. The van der Waals surface area contributed by atoms with Crippen molar-refractivity contribution in [3.63, 3.8) is 0 Å². The standard InChI is InChI=1S/C25H19N3O3S/c1-15-10-16(2)22-21(11-15)32-25(27-22)28(14-17-6-5-9-26-13-17)23(29)19-12-18-7-3-4-8-20(18)31-24(19)30/h3-13H,14H2,1-2H3. The molecule has 0 N–H and O–H groups in total. The number of benzene rings is 2. The molecule has 0 saturated carbocycles. The first kappa shape index (κ1) is 20.1. The van der Waals surface area contributed by atoms with Crippen LogP contribution in [0.2, 0.25) is 0 Å². The number of nitrogens with zero attached hydrogens (tertiary/aromatic N) is 3. The summed E-state index contributed by atoms with van der Waals surface area (Å²) in [5, 5.41) is 1.21. The van der Waals surface area contributed by atoms with Gasteiger partial charge in [0.15, 0.2) is 5.13 Å². The van der Waals surface area contributed by atoms with Crippen molar-refractivity contribution in [3.8, 4) is 0 Å². The lowest BCUT2D eigenvalue weighted by Crippen LogP contribution is -2.33. The SMILES string of the molecule is Cc1cc(C)c2nc(N(Cc3cccnc3)C(=O)c3cc4ccccc4oc3=O)sc2c1. The summed E-state index contributed by atoms with van der Waals surface area (Å²) in [6.07, 6.45) is 3.38. The number of para-hydroxylation sites is 1. The van der Waals surface area contributed by atoms with Crippen molar-refractivity contribution in [3.05, 3.63) is 99.7 Å². The maximum absolute atomic E-state index is 13.7. The second-order valence-electron chi connectivity index (χ2n) is 7.66. The van der Waals surface area contributed by atoms with E-state index < -0.39 is 11.5 Å². The maximum Gasteiger partial charge on any atom is 0.349 e. The number of carbonyl (C=O) groups is 1. The molecule has 0 aliphatic carbocycles. The van der Waals surface area contributed by atoms with E-state index in [1.54, 1.807) is 30.6 Å². The topological polar surface area (TPSA) is 76.3 Å². The van der Waals surface area contributed by atoms with Crippen molar-refractivity contribution >= 4 is 43.6 Å². The number of thiazole rings is 1. The summed E-state index contributed by atoms with van der Waals surface area (Å²) in [6, 6.07) is 16.5. The summed E-state index contributed by atoms with van der Waals surface area (Å²) < 4.78 is 6.40. The molecule has 32 heavy (non-hydrogen) atoms. The van der Waals surface area contributed by atoms with Crippen molar-refractivity contribution in [2.24, 2.45) is 0 Å². The van der Waals surface area contributed by atoms with Gasteiger partial charge in [0.2, 0.25) is 0 Å². The van der Waals surface area contributed by atoms with Crippen LogP contribution in [-0.2, 0) is 6.54 Å². The van der Waals surface area contributed by atoms with Crippen molar-refractivity contribution in [1.82, 2.24) is 9.97 Å². The zero-order valence-electron chi connectivity index (χ0n) is 17.5. The van der Waals surface area contributed by atoms with Crippen LogP contribution in [0.25, 0.3) is 21.2 Å². The van der Waals surface area contributed by atoms with E-state index in [1.165, 1.54) is 16.2 Å². The predicted octanol–water partition coefficient (Wildman–Crippen LogP) is 5.26. The maximum atomic E-state index is 13.7. The van der Waals surface area contributed by atoms with E-state index in [4.69, 9.17) is 9.40 Å². The molecule has 7 heteroatoms. The number of aryl methyl sites for hydroxylation is 2. The molecule has 2 aromatic carbocycles. The Morgan fingerprint density at radius 1 is 1.09 bits per heavy atom. The van der Waals surface area contributed by atoms with E-state index in [9.17, 15) is 9.59 Å². The number of anilines is 1. The monoisotopic (exact) mass is 441 g/mol. The van der Waals surface area contributed by atoms with Crippen molar-refractivity contribution in [2.75, 3.05) is 4.90 Å². The Morgan fingerprint density at radius 2 is 1.94 bits per heavy atom. The van der Waals surface area contributed by atoms with E-state index in [2.05, 4.69) is 17.1 Å². The van der Waals surface area contributed by atoms with Gasteiger partial charge in [0.05, 0.1) is 16.8 Å². The Hall–Kier alpha value is -3.84. The number of amides is 1. The summed E-state index contributed by atoms with van der Waals surface area (Å²) in [7, 11) is 0. The summed E-state index contributed by atoms with van der Waals surface area (Å²) in [5.74, 6) is -0.457. The van der Waals surface area contributed by atoms with Crippen LogP contribution in [0.4, 0.5) is 5.13 Å². The van der Waals surface area contributed by atoms with Gasteiger partial charge in [-0.1, -0.05) is 41.7 Å². The summed E-state index contributed by atoms with van der Waals surface area (Å²) in [6.45, 7) is 4.27. The van der Waals surface area contributed by atoms with Crippen molar-refractivity contribution < 1.29 is 9.21 Å². The van der Waals surface area contributed by atoms with Crippen LogP contribution < -0.4 is 10.5 Å². The number of aromatic nitrogens is 2. The number of pyridine rings is 1. The van der Waals surface area contributed by atoms with Gasteiger partial charge < -0.3 is 4.42 Å². The van der Waals surface area contributed by atoms with Crippen molar-refractivity contribution in [2.45, 2.75) is 20.4 Å². The molecule has 0 bridgehead atoms. The molecule has 6 nitrogen and oxygen atoms in total. The van der Waals surface area contributed by atoms with Gasteiger partial charge >= 0.3 is 5.63 Å². The van der Waals surface area contributed by atoms with Crippen LogP contribution >= 0.6 is 11.3 Å². The zero-order valence-corrected chi connectivity index (χ0v) is 18.3. The first-order chi connectivity index (χ1) is 15.5. The molecule has 5 rings (SSSR count). The molecule has 3 heterocycles. The molecule has 5 aromatic rings. The second-order valence-corrected chi connectivity index (χ2v) is 8.67. The number of hydrogen-bond donors (Lipinski definition) is 0. The van der Waals surface area contributed by atoms with Crippen LogP contribution in [0.1, 0.15) is 27.0 Å². The fourth-order valence-corrected chi connectivity index (χ4v) is 4.87. The zero-order chi connectivity index (χ0) is 22.2. The first-order valence-electron chi connectivity index (χ1n) is 10.1. The van der Waals surface area contributed by atoms with Gasteiger partial charge in [-0.05, 0) is 54.8 Å². The van der Waals surface area contributed by atoms with E-state index in [1.807, 2.05) is 38.1 Å². The molecule has 158 valence electrons. The molecule has 0 spiro atoms. The van der Waals surface area contributed by atoms with E-state index in [-0.39, 0.29) is 12.1 Å². The van der Waals surface area contributed by atoms with Gasteiger partial charge in [-0.2, -0.15) is 0 Å². The highest BCUT2D eigenvalue weighted by Gasteiger charge is 2.25. The van der Waals surface area contributed by atoms with Crippen molar-refractivity contribution in [1.29, 1.82) is 0 Å². The van der Waals surface area contributed by atoms with Gasteiger partial charge in [-0.3, -0.25) is 14.7 Å². The van der Waals surface area contributed by atoms with Crippen LogP contribution in [-0.4, -0.2) is 15.9 Å².